The van der Waals surface area contributed by atoms with E-state index in [0.717, 1.165) is 25.9 Å². The quantitative estimate of drug-likeness (QED) is 0.692. The maximum atomic E-state index is 13.9. The minimum atomic E-state index is -0.309. The second kappa shape index (κ2) is 9.26. The molecule has 0 saturated carbocycles. The number of nitrogens with one attached hydrogen (secondary N) is 1. The Balaban J connectivity index is 0.00000256. The largest absolute Gasteiger partial charge is 0.485 e. The normalized spacial score (nSPS) is 16.8. The highest BCUT2D eigenvalue weighted by atomic mass is 19.1. The van der Waals surface area contributed by atoms with Crippen LogP contribution >= 0.6 is 0 Å². The van der Waals surface area contributed by atoms with Crippen LogP contribution in [-0.4, -0.2) is 46.4 Å². The van der Waals surface area contributed by atoms with Gasteiger partial charge in [-0.15, -0.1) is 0 Å². The number of likely N-dealkylation sites (tertiary alicyclic amines) is 1. The van der Waals surface area contributed by atoms with Crippen LogP contribution in [0, 0.1) is 12.7 Å². The van der Waals surface area contributed by atoms with E-state index >= 15 is 0 Å². The van der Waals surface area contributed by atoms with Gasteiger partial charge in [0.25, 0.3) is 5.91 Å². The number of hydrogen-bond acceptors (Lipinski definition) is 4. The number of imidazole rings is 1. The Kier molecular flexibility index (Phi) is 6.72. The van der Waals surface area contributed by atoms with Crippen LogP contribution in [0.4, 0.5) is 4.39 Å². The van der Waals surface area contributed by atoms with Crippen molar-refractivity contribution in [3.05, 3.63) is 65.4 Å². The van der Waals surface area contributed by atoms with E-state index in [4.69, 9.17) is 4.74 Å². The summed E-state index contributed by atoms with van der Waals surface area (Å²) in [4.78, 5) is 19.7. The summed E-state index contributed by atoms with van der Waals surface area (Å²) in [6.07, 6.45) is 3.84. The first kappa shape index (κ1) is 21.8. The fraction of sp³-hybridized carbons (Fsp3) is 0.391. The molecule has 1 N–H and O–H groups in total. The van der Waals surface area contributed by atoms with E-state index in [1.54, 1.807) is 40.9 Å². The van der Waals surface area contributed by atoms with E-state index in [0.29, 0.717) is 28.3 Å². The van der Waals surface area contributed by atoms with Crippen molar-refractivity contribution in [2.24, 2.45) is 0 Å². The summed E-state index contributed by atoms with van der Waals surface area (Å²) in [5.74, 6) is 0.0633. The third-order valence-corrected chi connectivity index (χ3v) is 5.30. The summed E-state index contributed by atoms with van der Waals surface area (Å²) < 4.78 is 21.5. The maximum absolute atomic E-state index is 13.9. The minimum Gasteiger partial charge on any atom is -0.485 e. The zero-order chi connectivity index (χ0) is 20.4. The summed E-state index contributed by atoms with van der Waals surface area (Å²) in [5.41, 5.74) is 2.16. The highest BCUT2D eigenvalue weighted by molar-refractivity contribution is 5.95. The number of benzene rings is 1. The summed E-state index contributed by atoms with van der Waals surface area (Å²) in [6, 6.07) is 10.2. The second-order valence-corrected chi connectivity index (χ2v) is 7.57. The van der Waals surface area contributed by atoms with Crippen LogP contribution in [0.3, 0.4) is 0 Å². The van der Waals surface area contributed by atoms with Crippen molar-refractivity contribution >= 4 is 11.6 Å². The molecule has 0 unspecified atom stereocenters. The van der Waals surface area contributed by atoms with Crippen molar-refractivity contribution in [2.45, 2.75) is 39.8 Å². The summed E-state index contributed by atoms with van der Waals surface area (Å²) >= 11 is 0. The predicted octanol–water partition coefficient (Wildman–Crippen LogP) is 3.82. The van der Waals surface area contributed by atoms with Gasteiger partial charge in [-0.2, -0.15) is 0 Å². The van der Waals surface area contributed by atoms with Crippen LogP contribution in [-0.2, 0) is 6.61 Å². The number of ether oxygens (including phenoxy) is 1. The lowest BCUT2D eigenvalue weighted by molar-refractivity contribution is 0.0906. The first-order valence-electron chi connectivity index (χ1n) is 9.86. The zero-order valence-corrected chi connectivity index (χ0v) is 16.7. The van der Waals surface area contributed by atoms with Gasteiger partial charge in [-0.3, -0.25) is 9.20 Å². The molecule has 0 bridgehead atoms. The average Bonchev–Trinajstić information content (AvgIpc) is 3.04. The molecule has 160 valence electrons. The van der Waals surface area contributed by atoms with E-state index in [1.807, 2.05) is 6.92 Å². The molecule has 1 saturated heterocycles. The molecule has 3 aromatic rings. The maximum Gasteiger partial charge on any atom is 0.270 e. The number of hydrogen-bond donors (Lipinski definition) is 1. The minimum absolute atomic E-state index is 0. The lowest BCUT2D eigenvalue weighted by Crippen LogP contribution is -2.46. The number of pyridine rings is 1. The molecule has 0 radical (unpaired) electrons. The number of likely N-dealkylation sites (N-methyl/N-ethyl adjacent to an activating group) is 1. The first-order chi connectivity index (χ1) is 14.0. The average molecular weight is 413 g/mol. The van der Waals surface area contributed by atoms with Crippen molar-refractivity contribution in [1.29, 1.82) is 0 Å². The number of piperidine rings is 1. The van der Waals surface area contributed by atoms with Crippen LogP contribution in [0.25, 0.3) is 5.65 Å². The van der Waals surface area contributed by atoms with Crippen LogP contribution in [0.5, 0.6) is 5.75 Å². The van der Waals surface area contributed by atoms with Crippen molar-refractivity contribution in [2.75, 3.05) is 20.1 Å². The van der Waals surface area contributed by atoms with Crippen molar-refractivity contribution < 1.29 is 13.9 Å². The van der Waals surface area contributed by atoms with E-state index < -0.39 is 0 Å². The molecule has 7 heteroatoms. The molecule has 6 nitrogen and oxygen atoms in total. The molecule has 1 aliphatic heterocycles. The SMILES string of the molecule is C.Cc1nc2c(OCc3ccccc3F)cccn2c1C(=O)N[C@H]1CCCN(C)C1. The molecular weight excluding hydrogens is 383 g/mol. The molecule has 0 spiro atoms. The molecule has 0 aliphatic carbocycles. The van der Waals surface area contributed by atoms with Crippen molar-refractivity contribution in [3.8, 4) is 5.75 Å². The van der Waals surface area contributed by atoms with Gasteiger partial charge >= 0.3 is 0 Å². The van der Waals surface area contributed by atoms with Gasteiger partial charge in [-0.1, -0.05) is 25.6 Å². The molecular formula is C23H29FN4O2. The third-order valence-electron chi connectivity index (χ3n) is 5.30. The van der Waals surface area contributed by atoms with Gasteiger partial charge in [0.15, 0.2) is 11.4 Å². The van der Waals surface area contributed by atoms with Gasteiger partial charge in [-0.25, -0.2) is 9.37 Å². The van der Waals surface area contributed by atoms with Crippen molar-refractivity contribution in [3.63, 3.8) is 0 Å². The zero-order valence-electron chi connectivity index (χ0n) is 16.7. The van der Waals surface area contributed by atoms with E-state index in [1.165, 1.54) is 6.07 Å². The predicted molar refractivity (Wildman–Crippen MR) is 115 cm³/mol. The monoisotopic (exact) mass is 412 g/mol. The van der Waals surface area contributed by atoms with Crippen LogP contribution in [0.1, 0.15) is 42.0 Å². The highest BCUT2D eigenvalue weighted by Crippen LogP contribution is 2.24. The molecule has 3 heterocycles. The molecule has 2 aromatic heterocycles. The Morgan fingerprint density at radius 2 is 2.10 bits per heavy atom. The number of carbonyl (C=O) groups excluding carboxylic acids is 1. The third kappa shape index (κ3) is 4.46. The molecule has 30 heavy (non-hydrogen) atoms. The Morgan fingerprint density at radius 1 is 1.30 bits per heavy atom. The molecule has 1 fully saturated rings. The Labute approximate surface area is 176 Å². The number of aromatic nitrogens is 2. The number of halogens is 1. The fourth-order valence-electron chi connectivity index (χ4n) is 3.85. The Morgan fingerprint density at radius 3 is 2.87 bits per heavy atom. The number of amides is 1. The van der Waals surface area contributed by atoms with Crippen molar-refractivity contribution in [1.82, 2.24) is 19.6 Å². The molecule has 4 rings (SSSR count). The Bertz CT molecular complexity index is 1030. The molecule has 1 aliphatic rings. The van der Waals surface area contributed by atoms with Gasteiger partial charge in [0.2, 0.25) is 0 Å². The number of fused-ring (bicyclic) bond motifs is 1. The van der Waals surface area contributed by atoms with Crippen LogP contribution in [0.15, 0.2) is 42.6 Å². The number of aryl methyl sites for hydroxylation is 1. The lowest BCUT2D eigenvalue weighted by atomic mass is 10.1. The van der Waals surface area contributed by atoms with Crippen LogP contribution < -0.4 is 10.1 Å². The van der Waals surface area contributed by atoms with E-state index in [9.17, 15) is 9.18 Å². The van der Waals surface area contributed by atoms with E-state index in [-0.39, 0.29) is 31.8 Å². The van der Waals surface area contributed by atoms with Gasteiger partial charge < -0.3 is 15.0 Å². The molecule has 1 amide bonds. The standard InChI is InChI=1S/C22H25FN4O2.CH4/c1-15-20(22(28)25-17-8-5-11-26(2)13-17)27-12-6-10-19(21(27)24-15)29-14-16-7-3-4-9-18(16)23;/h3-4,6-7,9-10,12,17H,5,8,11,13-14H2,1-2H3,(H,25,28);1H4/t17-;/m0./s1. The van der Waals surface area contributed by atoms with Gasteiger partial charge in [0.05, 0.1) is 5.69 Å². The summed E-state index contributed by atoms with van der Waals surface area (Å²) in [5, 5.41) is 3.14. The smallest absolute Gasteiger partial charge is 0.270 e. The first-order valence-corrected chi connectivity index (χ1v) is 9.86. The molecule has 1 atom stereocenters. The Hall–Kier alpha value is -2.93. The van der Waals surface area contributed by atoms with Crippen LogP contribution in [0.2, 0.25) is 0 Å². The highest BCUT2D eigenvalue weighted by Gasteiger charge is 2.24. The number of carbonyl (C=O) groups is 1. The van der Waals surface area contributed by atoms with Gasteiger partial charge in [-0.05, 0) is 51.6 Å². The van der Waals surface area contributed by atoms with Gasteiger partial charge in [0, 0.05) is 24.3 Å². The summed E-state index contributed by atoms with van der Waals surface area (Å²) in [7, 11) is 2.07. The van der Waals surface area contributed by atoms with Gasteiger partial charge in [0.1, 0.15) is 18.1 Å². The topological polar surface area (TPSA) is 58.9 Å². The number of rotatable bonds is 5. The molecule has 1 aromatic carbocycles. The summed E-state index contributed by atoms with van der Waals surface area (Å²) in [6.45, 7) is 3.81. The lowest BCUT2D eigenvalue weighted by Gasteiger charge is -2.30. The van der Waals surface area contributed by atoms with E-state index in [2.05, 4.69) is 22.2 Å². The second-order valence-electron chi connectivity index (χ2n) is 7.57. The number of nitrogens with zero attached hydrogens (tertiary/aromatic N) is 3. The fourth-order valence-corrected chi connectivity index (χ4v) is 3.85.